The summed E-state index contributed by atoms with van der Waals surface area (Å²) in [5.74, 6) is -0.912. The molecule has 0 saturated heterocycles. The van der Waals surface area contributed by atoms with Gasteiger partial charge in [0.2, 0.25) is 6.21 Å². The Morgan fingerprint density at radius 1 is 1.71 bits per heavy atom. The maximum atomic E-state index is 9.71. The summed E-state index contributed by atoms with van der Waals surface area (Å²) in [6.45, 7) is 0. The number of carboxylic acid groups (broad SMARTS) is 1. The van der Waals surface area contributed by atoms with Crippen LogP contribution < -0.4 is 0 Å². The minimum atomic E-state index is -0.912. The normalized spacial score (nSPS) is 7.71. The Bertz CT molecular complexity index is 102. The highest BCUT2D eigenvalue weighted by atomic mass is 16.4. The molecule has 0 atom stereocenters. The van der Waals surface area contributed by atoms with Crippen molar-refractivity contribution in [3.8, 4) is 0 Å². The van der Waals surface area contributed by atoms with Crippen LogP contribution in [0.25, 0.3) is 0 Å². The average molecular weight is 102 g/mol. The van der Waals surface area contributed by atoms with E-state index in [1.54, 1.807) is 14.1 Å². The van der Waals surface area contributed by atoms with Crippen LogP contribution in [0.1, 0.15) is 0 Å². The van der Waals surface area contributed by atoms with Crippen LogP contribution in [0.15, 0.2) is 0 Å². The molecule has 0 bridgehead atoms. The minimum Gasteiger partial charge on any atom is -0.474 e. The van der Waals surface area contributed by atoms with E-state index in [0.29, 0.717) is 0 Å². The molecule has 0 fully saturated rings. The first-order valence-corrected chi connectivity index (χ1v) is 1.87. The highest BCUT2D eigenvalue weighted by Gasteiger charge is 1.91. The molecule has 0 heterocycles. The van der Waals surface area contributed by atoms with Gasteiger partial charge in [-0.15, -0.1) is 0 Å². The molecule has 0 rings (SSSR count). The molecule has 0 aromatic rings. The van der Waals surface area contributed by atoms with Crippen molar-refractivity contribution in [1.29, 1.82) is 0 Å². The Balaban J connectivity index is 3.68. The highest BCUT2D eigenvalue weighted by Crippen LogP contribution is 1.52. The molecule has 0 unspecified atom stereocenters. The first-order chi connectivity index (χ1) is 3.13. The molecule has 0 aromatic heterocycles. The fraction of sp³-hybridized carbons (Fsp3) is 0.500. The van der Waals surface area contributed by atoms with E-state index in [1.807, 2.05) is 0 Å². The summed E-state index contributed by atoms with van der Waals surface area (Å²) >= 11 is 0. The molecule has 0 radical (unpaired) electrons. The van der Waals surface area contributed by atoms with Crippen molar-refractivity contribution in [2.24, 2.45) is 0 Å². The molecular weight excluding hydrogens is 94.0 g/mol. The van der Waals surface area contributed by atoms with E-state index in [4.69, 9.17) is 5.11 Å². The second kappa shape index (κ2) is 2.34. The lowest BCUT2D eigenvalue weighted by Crippen LogP contribution is -2.07. The predicted molar refractivity (Wildman–Crippen MR) is 25.8 cm³/mol. The first kappa shape index (κ1) is 6.14. The summed E-state index contributed by atoms with van der Waals surface area (Å²) in [5.41, 5.74) is 0. The van der Waals surface area contributed by atoms with Crippen LogP contribution in [0.2, 0.25) is 0 Å². The first-order valence-electron chi connectivity index (χ1n) is 1.87. The van der Waals surface area contributed by atoms with Crippen molar-refractivity contribution in [3.63, 3.8) is 0 Å². The Kier molecular flexibility index (Phi) is 2.05. The van der Waals surface area contributed by atoms with Gasteiger partial charge < -0.3 is 5.11 Å². The van der Waals surface area contributed by atoms with Crippen molar-refractivity contribution in [1.82, 2.24) is 0 Å². The zero-order valence-electron chi connectivity index (χ0n) is 4.38. The third-order valence-electron chi connectivity index (χ3n) is 0.369. The summed E-state index contributed by atoms with van der Waals surface area (Å²) in [4.78, 5) is 9.71. The third kappa shape index (κ3) is 5.14. The van der Waals surface area contributed by atoms with E-state index in [2.05, 4.69) is 0 Å². The standard InChI is InChI=1S/C4H7NO2/c1-5(2)3-4(6)7/h3H,1-2H3/p+1. The Hall–Kier alpha value is -0.860. The SMILES string of the molecule is C[N+](C)=CC(=O)O. The van der Waals surface area contributed by atoms with Gasteiger partial charge in [-0.05, 0) is 0 Å². The van der Waals surface area contributed by atoms with Crippen LogP contribution in [0.4, 0.5) is 0 Å². The molecule has 3 nitrogen and oxygen atoms in total. The van der Waals surface area contributed by atoms with Crippen LogP contribution in [-0.4, -0.2) is 36.0 Å². The number of carbonyl (C=O) groups is 1. The molecule has 0 aliphatic rings. The van der Waals surface area contributed by atoms with Crippen LogP contribution in [0.5, 0.6) is 0 Å². The number of hydrogen-bond donors (Lipinski definition) is 1. The Morgan fingerprint density at radius 2 is 2.14 bits per heavy atom. The molecule has 7 heavy (non-hydrogen) atoms. The molecule has 0 amide bonds. The maximum Gasteiger partial charge on any atom is 0.392 e. The molecule has 0 saturated carbocycles. The summed E-state index contributed by atoms with van der Waals surface area (Å²) in [6.07, 6.45) is 1.08. The number of carboxylic acids is 1. The van der Waals surface area contributed by atoms with Crippen LogP contribution >= 0.6 is 0 Å². The van der Waals surface area contributed by atoms with E-state index >= 15 is 0 Å². The zero-order valence-corrected chi connectivity index (χ0v) is 4.38. The summed E-state index contributed by atoms with van der Waals surface area (Å²) < 4.78 is 1.47. The molecule has 3 heteroatoms. The van der Waals surface area contributed by atoms with E-state index < -0.39 is 5.97 Å². The fourth-order valence-electron chi connectivity index (χ4n) is 0.221. The lowest BCUT2D eigenvalue weighted by atomic mass is 10.7. The number of aliphatic carboxylic acids is 1. The molecule has 0 spiro atoms. The monoisotopic (exact) mass is 102 g/mol. The van der Waals surface area contributed by atoms with Gasteiger partial charge in [0.15, 0.2) is 0 Å². The van der Waals surface area contributed by atoms with E-state index in [1.165, 1.54) is 4.58 Å². The quantitative estimate of drug-likeness (QED) is 0.355. The average Bonchev–Trinajstić information content (AvgIpc) is 1.27. The van der Waals surface area contributed by atoms with Crippen molar-refractivity contribution in [3.05, 3.63) is 0 Å². The van der Waals surface area contributed by atoms with Gasteiger partial charge in [0, 0.05) is 0 Å². The lowest BCUT2D eigenvalue weighted by Gasteiger charge is -1.76. The van der Waals surface area contributed by atoms with Gasteiger partial charge in [0.1, 0.15) is 14.1 Å². The zero-order chi connectivity index (χ0) is 5.86. The maximum absolute atomic E-state index is 9.71. The fourth-order valence-corrected chi connectivity index (χ4v) is 0.221. The molecule has 40 valence electrons. The summed E-state index contributed by atoms with van der Waals surface area (Å²) in [6, 6.07) is 0. The van der Waals surface area contributed by atoms with Crippen LogP contribution in [0.3, 0.4) is 0 Å². The van der Waals surface area contributed by atoms with Gasteiger partial charge in [-0.2, -0.15) is 0 Å². The van der Waals surface area contributed by atoms with E-state index in [0.717, 1.165) is 6.21 Å². The summed E-state index contributed by atoms with van der Waals surface area (Å²) in [7, 11) is 3.32. The molecule has 0 aromatic carbocycles. The highest BCUT2D eigenvalue weighted by molar-refractivity contribution is 6.19. The molecule has 0 aliphatic heterocycles. The second-order valence-electron chi connectivity index (χ2n) is 1.43. The van der Waals surface area contributed by atoms with Crippen molar-refractivity contribution in [2.75, 3.05) is 14.1 Å². The predicted octanol–water partition coefficient (Wildman–Crippen LogP) is -0.586. The second-order valence-corrected chi connectivity index (χ2v) is 1.43. The van der Waals surface area contributed by atoms with Crippen LogP contribution in [-0.2, 0) is 4.79 Å². The van der Waals surface area contributed by atoms with Gasteiger partial charge in [-0.1, -0.05) is 0 Å². The van der Waals surface area contributed by atoms with Gasteiger partial charge in [-0.25, -0.2) is 9.37 Å². The van der Waals surface area contributed by atoms with Gasteiger partial charge in [0.05, 0.1) is 0 Å². The number of nitrogens with zero attached hydrogens (tertiary/aromatic N) is 1. The topological polar surface area (TPSA) is 40.3 Å². The smallest absolute Gasteiger partial charge is 0.392 e. The van der Waals surface area contributed by atoms with Gasteiger partial charge in [0.25, 0.3) is 0 Å². The minimum absolute atomic E-state index is 0.912. The largest absolute Gasteiger partial charge is 0.474 e. The third-order valence-corrected chi connectivity index (χ3v) is 0.369. The summed E-state index contributed by atoms with van der Waals surface area (Å²) in [5, 5.41) is 7.99. The number of rotatable bonds is 1. The van der Waals surface area contributed by atoms with Crippen molar-refractivity contribution < 1.29 is 14.5 Å². The van der Waals surface area contributed by atoms with E-state index in [-0.39, 0.29) is 0 Å². The van der Waals surface area contributed by atoms with Gasteiger partial charge in [-0.3, -0.25) is 0 Å². The number of hydrogen-bond acceptors (Lipinski definition) is 1. The van der Waals surface area contributed by atoms with Crippen molar-refractivity contribution in [2.45, 2.75) is 0 Å². The Morgan fingerprint density at radius 3 is 2.14 bits per heavy atom. The van der Waals surface area contributed by atoms with Crippen LogP contribution in [0, 0.1) is 0 Å². The van der Waals surface area contributed by atoms with Crippen molar-refractivity contribution >= 4 is 12.2 Å². The molecule has 1 N–H and O–H groups in total. The lowest BCUT2D eigenvalue weighted by molar-refractivity contribution is -0.458. The molecule has 0 aliphatic carbocycles. The van der Waals surface area contributed by atoms with Gasteiger partial charge >= 0.3 is 5.97 Å². The molecular formula is C4H8NO2+. The van der Waals surface area contributed by atoms with E-state index in [9.17, 15) is 4.79 Å². The Labute approximate surface area is 41.9 Å².